The van der Waals surface area contributed by atoms with E-state index in [0.29, 0.717) is 5.39 Å². The Labute approximate surface area is 257 Å². The third kappa shape index (κ3) is 3.85. The molecular weight excluding hydrogens is 553 g/mol. The SMILES string of the molecule is Cc1cn(-c2ccccc2)c2cc(N3c4ccccc4[Si](c4ccccc4)(c4ccccc4)c4ccccc43)ccc2c1=O. The van der Waals surface area contributed by atoms with Gasteiger partial charge >= 0.3 is 0 Å². The van der Waals surface area contributed by atoms with Crippen LogP contribution in [-0.4, -0.2) is 12.6 Å². The number of hydrogen-bond donors (Lipinski definition) is 0. The Bertz CT molecular complexity index is 2120. The molecule has 6 aromatic carbocycles. The molecular formula is C40H30N2OSi. The Balaban J connectivity index is 1.45. The number of aryl methyl sites for hydroxylation is 1. The molecule has 44 heavy (non-hydrogen) atoms. The van der Waals surface area contributed by atoms with Gasteiger partial charge in [-0.1, -0.05) is 115 Å². The fraction of sp³-hybridized carbons (Fsp3) is 0.0250. The zero-order valence-corrected chi connectivity index (χ0v) is 25.4. The van der Waals surface area contributed by atoms with Crippen LogP contribution in [0.2, 0.25) is 0 Å². The molecule has 1 aromatic heterocycles. The first kappa shape index (κ1) is 26.2. The number of pyridine rings is 1. The summed E-state index contributed by atoms with van der Waals surface area (Å²) in [4.78, 5) is 15.8. The minimum atomic E-state index is -2.68. The van der Waals surface area contributed by atoms with Gasteiger partial charge < -0.3 is 9.47 Å². The third-order valence-corrected chi connectivity index (χ3v) is 13.8. The van der Waals surface area contributed by atoms with Crippen LogP contribution >= 0.6 is 0 Å². The summed E-state index contributed by atoms with van der Waals surface area (Å²) in [5.41, 5.74) is 6.07. The minimum Gasteiger partial charge on any atom is -0.316 e. The third-order valence-electron chi connectivity index (χ3n) is 8.97. The highest BCUT2D eigenvalue weighted by Gasteiger charge is 2.48. The second-order valence-electron chi connectivity index (χ2n) is 11.4. The number of rotatable bonds is 4. The molecule has 0 unspecified atom stereocenters. The highest BCUT2D eigenvalue weighted by atomic mass is 28.3. The van der Waals surface area contributed by atoms with Crippen LogP contribution in [0.5, 0.6) is 0 Å². The summed E-state index contributed by atoms with van der Waals surface area (Å²) >= 11 is 0. The van der Waals surface area contributed by atoms with Crippen molar-refractivity contribution in [1.29, 1.82) is 0 Å². The van der Waals surface area contributed by atoms with Crippen LogP contribution in [0.3, 0.4) is 0 Å². The van der Waals surface area contributed by atoms with Gasteiger partial charge in [0.15, 0.2) is 13.5 Å². The van der Waals surface area contributed by atoms with Gasteiger partial charge in [-0.3, -0.25) is 4.79 Å². The van der Waals surface area contributed by atoms with Crippen LogP contribution in [0.4, 0.5) is 17.1 Å². The first-order valence-electron chi connectivity index (χ1n) is 15.0. The summed E-state index contributed by atoms with van der Waals surface area (Å²) in [6, 6.07) is 56.4. The molecule has 8 rings (SSSR count). The van der Waals surface area contributed by atoms with E-state index in [0.717, 1.165) is 22.5 Å². The average molecular weight is 583 g/mol. The molecule has 210 valence electrons. The predicted octanol–water partition coefficient (Wildman–Crippen LogP) is 6.46. The maximum absolute atomic E-state index is 13.4. The molecule has 0 atom stereocenters. The molecule has 0 spiro atoms. The summed E-state index contributed by atoms with van der Waals surface area (Å²) < 4.78 is 2.14. The highest BCUT2D eigenvalue weighted by Crippen LogP contribution is 2.39. The second-order valence-corrected chi connectivity index (χ2v) is 15.1. The van der Waals surface area contributed by atoms with Crippen molar-refractivity contribution >= 4 is 56.8 Å². The van der Waals surface area contributed by atoms with Gasteiger partial charge in [-0.25, -0.2) is 0 Å². The molecule has 0 saturated heterocycles. The van der Waals surface area contributed by atoms with E-state index in [2.05, 4.69) is 143 Å². The fourth-order valence-electron chi connectivity index (χ4n) is 7.08. The van der Waals surface area contributed by atoms with E-state index < -0.39 is 8.07 Å². The molecule has 0 bridgehead atoms. The number of nitrogens with zero attached hydrogens (tertiary/aromatic N) is 2. The molecule has 3 nitrogen and oxygen atoms in total. The number of hydrogen-bond acceptors (Lipinski definition) is 2. The normalized spacial score (nSPS) is 13.3. The van der Waals surface area contributed by atoms with Gasteiger partial charge in [-0.15, -0.1) is 0 Å². The van der Waals surface area contributed by atoms with Gasteiger partial charge in [0.05, 0.1) is 5.52 Å². The lowest BCUT2D eigenvalue weighted by atomic mass is 10.1. The molecule has 0 radical (unpaired) electrons. The van der Waals surface area contributed by atoms with Crippen LogP contribution in [0.25, 0.3) is 16.6 Å². The topological polar surface area (TPSA) is 25.2 Å². The summed E-state index contributed by atoms with van der Waals surface area (Å²) in [5, 5.41) is 6.13. The number of para-hydroxylation sites is 3. The van der Waals surface area contributed by atoms with Gasteiger partial charge in [0.1, 0.15) is 0 Å². The van der Waals surface area contributed by atoms with Crippen molar-refractivity contribution in [2.75, 3.05) is 4.90 Å². The van der Waals surface area contributed by atoms with Crippen LogP contribution in [-0.2, 0) is 0 Å². The first-order valence-corrected chi connectivity index (χ1v) is 17.0. The Morgan fingerprint density at radius 3 is 1.59 bits per heavy atom. The Morgan fingerprint density at radius 1 is 0.523 bits per heavy atom. The monoisotopic (exact) mass is 582 g/mol. The predicted molar refractivity (Wildman–Crippen MR) is 186 cm³/mol. The van der Waals surface area contributed by atoms with Crippen LogP contribution in [0.1, 0.15) is 5.56 Å². The van der Waals surface area contributed by atoms with Gasteiger partial charge in [0, 0.05) is 39.9 Å². The number of benzene rings is 6. The van der Waals surface area contributed by atoms with Gasteiger partial charge in [0.2, 0.25) is 0 Å². The molecule has 0 N–H and O–H groups in total. The molecule has 0 aliphatic carbocycles. The van der Waals surface area contributed by atoms with E-state index in [1.165, 1.54) is 32.1 Å². The van der Waals surface area contributed by atoms with Crippen molar-refractivity contribution in [1.82, 2.24) is 4.57 Å². The van der Waals surface area contributed by atoms with E-state index in [4.69, 9.17) is 0 Å². The lowest BCUT2D eigenvalue weighted by Gasteiger charge is -2.45. The average Bonchev–Trinajstić information content (AvgIpc) is 3.10. The number of anilines is 3. The maximum Gasteiger partial charge on any atom is 0.192 e. The van der Waals surface area contributed by atoms with Crippen LogP contribution < -0.4 is 31.1 Å². The van der Waals surface area contributed by atoms with Gasteiger partial charge in [0.25, 0.3) is 0 Å². The van der Waals surface area contributed by atoms with Crippen molar-refractivity contribution in [2.24, 2.45) is 0 Å². The standard InChI is InChI=1S/C40H30N2OSi/c1-29-28-41(30-15-5-2-6-16-30)37-27-31(25-26-34(37)40(29)43)42-35-21-11-13-23-38(35)44(32-17-7-3-8-18-32,33-19-9-4-10-20-33)39-24-14-12-22-36(39)42/h2-28H,1H3. The molecule has 7 aromatic rings. The summed E-state index contributed by atoms with van der Waals surface area (Å²) in [6.45, 7) is 1.89. The van der Waals surface area contributed by atoms with E-state index in [1.54, 1.807) is 0 Å². The Hall–Kier alpha value is -5.45. The second kappa shape index (κ2) is 10.4. The lowest BCUT2D eigenvalue weighted by Crippen LogP contribution is -2.77. The van der Waals surface area contributed by atoms with E-state index in [-0.39, 0.29) is 5.43 Å². The first-order chi connectivity index (χ1) is 21.7. The van der Waals surface area contributed by atoms with Crippen molar-refractivity contribution in [3.8, 4) is 5.69 Å². The van der Waals surface area contributed by atoms with Gasteiger partial charge in [-0.05, 0) is 70.1 Å². The van der Waals surface area contributed by atoms with Crippen molar-refractivity contribution in [3.63, 3.8) is 0 Å². The summed E-state index contributed by atoms with van der Waals surface area (Å²) in [6.07, 6.45) is 1.96. The molecule has 0 amide bonds. The molecule has 0 fully saturated rings. The van der Waals surface area contributed by atoms with Gasteiger partial charge in [-0.2, -0.15) is 0 Å². The summed E-state index contributed by atoms with van der Waals surface area (Å²) in [5.74, 6) is 0. The number of aromatic nitrogens is 1. The maximum atomic E-state index is 13.4. The van der Waals surface area contributed by atoms with E-state index in [1.807, 2.05) is 37.4 Å². The molecule has 1 aliphatic heterocycles. The summed E-state index contributed by atoms with van der Waals surface area (Å²) in [7, 11) is -2.68. The zero-order chi connectivity index (χ0) is 29.7. The lowest BCUT2D eigenvalue weighted by molar-refractivity contribution is 1.08. The zero-order valence-electron chi connectivity index (χ0n) is 24.4. The number of fused-ring (bicyclic) bond motifs is 3. The molecule has 2 heterocycles. The quantitative estimate of drug-likeness (QED) is 0.223. The molecule has 0 saturated carbocycles. The Kier molecular flexibility index (Phi) is 6.17. The van der Waals surface area contributed by atoms with Crippen molar-refractivity contribution in [2.45, 2.75) is 6.92 Å². The van der Waals surface area contributed by atoms with Crippen molar-refractivity contribution in [3.05, 3.63) is 180 Å². The smallest absolute Gasteiger partial charge is 0.192 e. The Morgan fingerprint density at radius 2 is 1.02 bits per heavy atom. The fourth-order valence-corrected chi connectivity index (χ4v) is 12.2. The largest absolute Gasteiger partial charge is 0.316 e. The van der Waals surface area contributed by atoms with E-state index in [9.17, 15) is 4.79 Å². The minimum absolute atomic E-state index is 0.0674. The molecule has 4 heteroatoms. The van der Waals surface area contributed by atoms with Crippen LogP contribution in [0, 0.1) is 6.92 Å². The van der Waals surface area contributed by atoms with Crippen LogP contribution in [0.15, 0.2) is 169 Å². The van der Waals surface area contributed by atoms with Crippen molar-refractivity contribution < 1.29 is 0 Å². The highest BCUT2D eigenvalue weighted by molar-refractivity contribution is 7.21. The molecule has 1 aliphatic rings. The van der Waals surface area contributed by atoms with E-state index >= 15 is 0 Å².